The number of likely N-dealkylation sites (tertiary alicyclic amines) is 1. The normalized spacial score (nSPS) is 17.1. The van der Waals surface area contributed by atoms with Crippen LogP contribution in [0.5, 0.6) is 5.75 Å². The van der Waals surface area contributed by atoms with E-state index in [4.69, 9.17) is 14.7 Å². The smallest absolute Gasteiger partial charge is 0.227 e. The first kappa shape index (κ1) is 21.0. The van der Waals surface area contributed by atoms with E-state index in [9.17, 15) is 0 Å². The number of nitrogens with one attached hydrogen (secondary N) is 1. The summed E-state index contributed by atoms with van der Waals surface area (Å²) in [5.74, 6) is 2.66. The maximum atomic E-state index is 6.06. The number of nitrogens with zero attached hydrogens (tertiary/aromatic N) is 4. The molecule has 2 aliphatic rings. The van der Waals surface area contributed by atoms with E-state index in [2.05, 4.69) is 45.4 Å². The lowest BCUT2D eigenvalue weighted by Gasteiger charge is -2.27. The summed E-state index contributed by atoms with van der Waals surface area (Å²) in [6.07, 6.45) is 6.36. The molecule has 2 fully saturated rings. The minimum absolute atomic E-state index is 0.588. The number of benzene rings is 2. The molecule has 2 aromatic carbocycles. The van der Waals surface area contributed by atoms with Gasteiger partial charge in [-0.15, -0.1) is 0 Å². The van der Waals surface area contributed by atoms with Gasteiger partial charge in [0.25, 0.3) is 0 Å². The molecule has 0 saturated carbocycles. The molecule has 32 heavy (non-hydrogen) atoms. The number of para-hydroxylation sites is 1. The van der Waals surface area contributed by atoms with Crippen molar-refractivity contribution in [1.29, 1.82) is 0 Å². The monoisotopic (exact) mass is 431 g/mol. The molecule has 3 aromatic rings. The molecule has 2 aliphatic heterocycles. The Labute approximate surface area is 190 Å². The number of ether oxygens (including phenoxy) is 1. The molecule has 0 bridgehead atoms. The highest BCUT2D eigenvalue weighted by molar-refractivity contribution is 5.90. The van der Waals surface area contributed by atoms with Crippen LogP contribution in [0.4, 0.5) is 11.8 Å². The van der Waals surface area contributed by atoms with Crippen molar-refractivity contribution in [3.05, 3.63) is 54.1 Å². The van der Waals surface area contributed by atoms with Gasteiger partial charge in [-0.1, -0.05) is 24.3 Å². The SMILES string of the molecule is c1cc(CN2CCCC2)cc(OCCNc2nc(N3CCCCC3)nc3ccccc23)c1. The van der Waals surface area contributed by atoms with Crippen LogP contribution in [0.25, 0.3) is 10.9 Å². The number of aromatic nitrogens is 2. The molecule has 1 aromatic heterocycles. The zero-order valence-electron chi connectivity index (χ0n) is 18.8. The van der Waals surface area contributed by atoms with Crippen molar-refractivity contribution in [2.24, 2.45) is 0 Å². The van der Waals surface area contributed by atoms with E-state index in [-0.39, 0.29) is 0 Å². The Bertz CT molecular complexity index is 1030. The summed E-state index contributed by atoms with van der Waals surface area (Å²) in [5, 5.41) is 4.56. The molecule has 3 heterocycles. The quantitative estimate of drug-likeness (QED) is 0.522. The van der Waals surface area contributed by atoms with Crippen LogP contribution in [0.2, 0.25) is 0 Å². The maximum Gasteiger partial charge on any atom is 0.227 e. The minimum atomic E-state index is 0.588. The van der Waals surface area contributed by atoms with Gasteiger partial charge in [0.2, 0.25) is 5.95 Å². The Morgan fingerprint density at radius 1 is 0.844 bits per heavy atom. The highest BCUT2D eigenvalue weighted by atomic mass is 16.5. The zero-order valence-corrected chi connectivity index (χ0v) is 18.8. The summed E-state index contributed by atoms with van der Waals surface area (Å²) in [4.78, 5) is 14.5. The molecule has 6 heteroatoms. The second-order valence-corrected chi connectivity index (χ2v) is 8.84. The van der Waals surface area contributed by atoms with E-state index in [1.54, 1.807) is 0 Å². The van der Waals surface area contributed by atoms with Crippen LogP contribution in [0.15, 0.2) is 48.5 Å². The second-order valence-electron chi connectivity index (χ2n) is 8.84. The van der Waals surface area contributed by atoms with E-state index in [0.717, 1.165) is 48.1 Å². The number of fused-ring (bicyclic) bond motifs is 1. The molecule has 168 valence electrons. The molecule has 0 atom stereocenters. The molecule has 2 saturated heterocycles. The van der Waals surface area contributed by atoms with Gasteiger partial charge in [-0.2, -0.15) is 4.98 Å². The number of hydrogen-bond acceptors (Lipinski definition) is 6. The van der Waals surface area contributed by atoms with Gasteiger partial charge in [0.05, 0.1) is 12.1 Å². The molecule has 0 aliphatic carbocycles. The standard InChI is InChI=1S/C26H33N5O/c1-4-16-31(17-5-1)26-28-24-12-3-2-11-23(24)25(29-26)27-13-18-32-22-10-8-9-21(19-22)20-30-14-6-7-15-30/h2-3,8-12,19H,1,4-7,13-18,20H2,(H,27,28,29). The van der Waals surface area contributed by atoms with Gasteiger partial charge >= 0.3 is 0 Å². The first-order valence-electron chi connectivity index (χ1n) is 12.0. The first-order chi connectivity index (χ1) is 15.8. The highest BCUT2D eigenvalue weighted by Crippen LogP contribution is 2.25. The Hall–Kier alpha value is -2.86. The summed E-state index contributed by atoms with van der Waals surface area (Å²) in [6, 6.07) is 16.7. The first-order valence-corrected chi connectivity index (χ1v) is 12.0. The van der Waals surface area contributed by atoms with Crippen LogP contribution in [-0.2, 0) is 6.54 Å². The Balaban J connectivity index is 1.21. The molecule has 5 rings (SSSR count). The van der Waals surface area contributed by atoms with Crippen molar-refractivity contribution in [1.82, 2.24) is 14.9 Å². The number of anilines is 2. The molecule has 0 radical (unpaired) electrons. The van der Waals surface area contributed by atoms with Gasteiger partial charge < -0.3 is 15.0 Å². The van der Waals surface area contributed by atoms with Gasteiger partial charge in [-0.25, -0.2) is 4.98 Å². The fourth-order valence-electron chi connectivity index (χ4n) is 4.71. The Morgan fingerprint density at radius 2 is 1.66 bits per heavy atom. The van der Waals surface area contributed by atoms with Crippen LogP contribution in [0.3, 0.4) is 0 Å². The topological polar surface area (TPSA) is 53.5 Å². The van der Waals surface area contributed by atoms with Crippen molar-refractivity contribution in [2.75, 3.05) is 49.5 Å². The highest BCUT2D eigenvalue weighted by Gasteiger charge is 2.16. The second kappa shape index (κ2) is 10.2. The Morgan fingerprint density at radius 3 is 2.53 bits per heavy atom. The average molecular weight is 432 g/mol. The van der Waals surface area contributed by atoms with Gasteiger partial charge in [0.15, 0.2) is 0 Å². The summed E-state index contributed by atoms with van der Waals surface area (Å²) >= 11 is 0. The predicted octanol–water partition coefficient (Wildman–Crippen LogP) is 4.71. The third kappa shape index (κ3) is 5.13. The number of rotatable bonds is 8. The van der Waals surface area contributed by atoms with Crippen molar-refractivity contribution < 1.29 is 4.74 Å². The van der Waals surface area contributed by atoms with E-state index in [1.807, 2.05) is 18.2 Å². The van der Waals surface area contributed by atoms with E-state index < -0.39 is 0 Å². The van der Waals surface area contributed by atoms with E-state index >= 15 is 0 Å². The van der Waals surface area contributed by atoms with Gasteiger partial charge in [-0.3, -0.25) is 4.90 Å². The number of piperidine rings is 1. The summed E-state index contributed by atoms with van der Waals surface area (Å²) < 4.78 is 6.06. The summed E-state index contributed by atoms with van der Waals surface area (Å²) in [5.41, 5.74) is 2.31. The molecular formula is C26H33N5O. The van der Waals surface area contributed by atoms with Crippen LogP contribution in [0, 0.1) is 0 Å². The van der Waals surface area contributed by atoms with E-state index in [0.29, 0.717) is 13.2 Å². The van der Waals surface area contributed by atoms with Crippen LogP contribution < -0.4 is 15.0 Å². The van der Waals surface area contributed by atoms with Crippen LogP contribution >= 0.6 is 0 Å². The van der Waals surface area contributed by atoms with Crippen molar-refractivity contribution in [3.8, 4) is 5.75 Å². The Kier molecular flexibility index (Phi) is 6.68. The van der Waals surface area contributed by atoms with Crippen molar-refractivity contribution in [3.63, 3.8) is 0 Å². The van der Waals surface area contributed by atoms with Crippen LogP contribution in [0.1, 0.15) is 37.7 Å². The maximum absolute atomic E-state index is 6.06. The lowest BCUT2D eigenvalue weighted by Crippen LogP contribution is -2.31. The van der Waals surface area contributed by atoms with Gasteiger partial charge in [0.1, 0.15) is 18.2 Å². The van der Waals surface area contributed by atoms with E-state index in [1.165, 1.54) is 50.8 Å². The molecule has 0 unspecified atom stereocenters. The third-order valence-electron chi connectivity index (χ3n) is 6.40. The van der Waals surface area contributed by atoms with Crippen molar-refractivity contribution in [2.45, 2.75) is 38.6 Å². The summed E-state index contributed by atoms with van der Waals surface area (Å²) in [6.45, 7) is 6.79. The largest absolute Gasteiger partial charge is 0.492 e. The zero-order chi connectivity index (χ0) is 21.6. The molecule has 6 nitrogen and oxygen atoms in total. The molecule has 1 N–H and O–H groups in total. The average Bonchev–Trinajstić information content (AvgIpc) is 3.35. The molecule has 0 amide bonds. The molecular weight excluding hydrogens is 398 g/mol. The lowest BCUT2D eigenvalue weighted by molar-refractivity contribution is 0.322. The fourth-order valence-corrected chi connectivity index (χ4v) is 4.71. The third-order valence-corrected chi connectivity index (χ3v) is 6.40. The van der Waals surface area contributed by atoms with Crippen LogP contribution in [-0.4, -0.2) is 54.2 Å². The summed E-state index contributed by atoms with van der Waals surface area (Å²) in [7, 11) is 0. The predicted molar refractivity (Wildman–Crippen MR) is 131 cm³/mol. The molecule has 0 spiro atoms. The van der Waals surface area contributed by atoms with Crippen molar-refractivity contribution >= 4 is 22.7 Å². The van der Waals surface area contributed by atoms with Gasteiger partial charge in [-0.05, 0) is 75.0 Å². The fraction of sp³-hybridized carbons (Fsp3) is 0.462. The lowest BCUT2D eigenvalue weighted by atomic mass is 10.1. The number of hydrogen-bond donors (Lipinski definition) is 1. The van der Waals surface area contributed by atoms with Gasteiger partial charge in [0, 0.05) is 25.0 Å². The minimum Gasteiger partial charge on any atom is -0.492 e.